The molecule has 2 rings (SSSR count). The summed E-state index contributed by atoms with van der Waals surface area (Å²) >= 11 is 0. The Morgan fingerprint density at radius 2 is 2.00 bits per heavy atom. The first-order chi connectivity index (χ1) is 6.14. The van der Waals surface area contributed by atoms with E-state index in [0.29, 0.717) is 5.92 Å². The molecule has 2 aliphatic rings. The molecule has 2 fully saturated rings. The first-order valence-corrected chi connectivity index (χ1v) is 5.38. The lowest BCUT2D eigenvalue weighted by Gasteiger charge is -2.33. The number of rotatable bonds is 1. The Balaban J connectivity index is 2.19. The highest BCUT2D eigenvalue weighted by Gasteiger charge is 2.50. The van der Waals surface area contributed by atoms with E-state index in [4.69, 9.17) is 0 Å². The van der Waals surface area contributed by atoms with Gasteiger partial charge in [0.25, 0.3) is 0 Å². The Morgan fingerprint density at radius 3 is 2.69 bits per heavy atom. The average Bonchev–Trinajstić information content (AvgIpc) is 2.47. The molecule has 13 heavy (non-hydrogen) atoms. The van der Waals surface area contributed by atoms with E-state index < -0.39 is 11.4 Å². The van der Waals surface area contributed by atoms with E-state index in [1.165, 1.54) is 19.3 Å². The van der Waals surface area contributed by atoms with Crippen LogP contribution in [0.5, 0.6) is 0 Å². The summed E-state index contributed by atoms with van der Waals surface area (Å²) in [6.45, 7) is 1.95. The zero-order valence-corrected chi connectivity index (χ0v) is 8.25. The molecule has 0 spiro atoms. The van der Waals surface area contributed by atoms with E-state index in [-0.39, 0.29) is 0 Å². The SMILES string of the molecule is C[C@@]1(C(=O)O)CC[C@H]2CCCC[C@@H]21. The monoisotopic (exact) mass is 182 g/mol. The van der Waals surface area contributed by atoms with Crippen molar-refractivity contribution in [1.82, 2.24) is 0 Å². The molecule has 0 saturated heterocycles. The van der Waals surface area contributed by atoms with Crippen molar-refractivity contribution in [2.75, 3.05) is 0 Å². The first-order valence-electron chi connectivity index (χ1n) is 5.38. The summed E-state index contributed by atoms with van der Waals surface area (Å²) in [6.07, 6.45) is 7.02. The van der Waals surface area contributed by atoms with Crippen LogP contribution < -0.4 is 0 Å². The molecule has 0 heterocycles. The molecule has 2 heteroatoms. The fourth-order valence-corrected chi connectivity index (χ4v) is 3.33. The summed E-state index contributed by atoms with van der Waals surface area (Å²) in [5.74, 6) is 0.621. The second kappa shape index (κ2) is 3.00. The molecule has 2 nitrogen and oxygen atoms in total. The molecule has 2 saturated carbocycles. The lowest BCUT2D eigenvalue weighted by atomic mass is 9.70. The van der Waals surface area contributed by atoms with E-state index in [1.807, 2.05) is 6.92 Å². The van der Waals surface area contributed by atoms with Gasteiger partial charge < -0.3 is 5.11 Å². The van der Waals surface area contributed by atoms with Crippen LogP contribution in [0, 0.1) is 17.3 Å². The summed E-state index contributed by atoms with van der Waals surface area (Å²) in [5, 5.41) is 9.21. The predicted octanol–water partition coefficient (Wildman–Crippen LogP) is 2.68. The van der Waals surface area contributed by atoms with Crippen LogP contribution in [-0.2, 0) is 4.79 Å². The number of fused-ring (bicyclic) bond motifs is 1. The van der Waals surface area contributed by atoms with Crippen molar-refractivity contribution in [3.63, 3.8) is 0 Å². The Kier molecular flexibility index (Phi) is 2.09. The van der Waals surface area contributed by atoms with Crippen LogP contribution in [0.3, 0.4) is 0 Å². The molecule has 0 unspecified atom stereocenters. The summed E-state index contributed by atoms with van der Waals surface area (Å²) in [5.41, 5.74) is -0.398. The molecule has 0 amide bonds. The van der Waals surface area contributed by atoms with Gasteiger partial charge in [0, 0.05) is 0 Å². The van der Waals surface area contributed by atoms with Crippen molar-refractivity contribution in [1.29, 1.82) is 0 Å². The van der Waals surface area contributed by atoms with Crippen molar-refractivity contribution in [3.8, 4) is 0 Å². The molecule has 0 aliphatic heterocycles. The van der Waals surface area contributed by atoms with Crippen LogP contribution in [0.15, 0.2) is 0 Å². The minimum absolute atomic E-state index is 0.398. The van der Waals surface area contributed by atoms with E-state index in [2.05, 4.69) is 0 Å². The molecule has 0 radical (unpaired) electrons. The van der Waals surface area contributed by atoms with E-state index in [0.717, 1.165) is 25.2 Å². The molecular weight excluding hydrogens is 164 g/mol. The topological polar surface area (TPSA) is 37.3 Å². The zero-order valence-electron chi connectivity index (χ0n) is 8.25. The number of carboxylic acids is 1. The Bertz CT molecular complexity index is 224. The van der Waals surface area contributed by atoms with Gasteiger partial charge in [0.05, 0.1) is 5.41 Å². The van der Waals surface area contributed by atoms with Crippen LogP contribution in [0.4, 0.5) is 0 Å². The lowest BCUT2D eigenvalue weighted by Crippen LogP contribution is -2.34. The summed E-state index contributed by atoms with van der Waals surface area (Å²) in [7, 11) is 0. The van der Waals surface area contributed by atoms with Gasteiger partial charge in [-0.1, -0.05) is 19.3 Å². The quantitative estimate of drug-likeness (QED) is 0.677. The van der Waals surface area contributed by atoms with Crippen LogP contribution >= 0.6 is 0 Å². The third kappa shape index (κ3) is 1.27. The molecule has 0 bridgehead atoms. The van der Waals surface area contributed by atoms with Gasteiger partial charge in [-0.2, -0.15) is 0 Å². The van der Waals surface area contributed by atoms with Crippen molar-refractivity contribution >= 4 is 5.97 Å². The van der Waals surface area contributed by atoms with Crippen LogP contribution in [-0.4, -0.2) is 11.1 Å². The standard InChI is InChI=1S/C11H18O2/c1-11(10(12)13)7-6-8-4-2-3-5-9(8)11/h8-9H,2-7H2,1H3,(H,12,13)/t8-,9+,11-/m1/s1. The molecule has 2 aliphatic carbocycles. The number of hydrogen-bond acceptors (Lipinski definition) is 1. The maximum absolute atomic E-state index is 11.2. The zero-order chi connectivity index (χ0) is 9.47. The normalized spacial score (nSPS) is 44.4. The molecule has 0 aromatic carbocycles. The fraction of sp³-hybridized carbons (Fsp3) is 0.909. The fourth-order valence-electron chi connectivity index (χ4n) is 3.33. The number of carboxylic acid groups (broad SMARTS) is 1. The van der Waals surface area contributed by atoms with Gasteiger partial charge in [-0.3, -0.25) is 4.79 Å². The Labute approximate surface area is 79.3 Å². The maximum Gasteiger partial charge on any atom is 0.309 e. The van der Waals surface area contributed by atoms with E-state index >= 15 is 0 Å². The predicted molar refractivity (Wildman–Crippen MR) is 50.4 cm³/mol. The van der Waals surface area contributed by atoms with Gasteiger partial charge in [0.15, 0.2) is 0 Å². The molecular formula is C11H18O2. The summed E-state index contributed by atoms with van der Waals surface area (Å²) < 4.78 is 0. The number of hydrogen-bond donors (Lipinski definition) is 1. The van der Waals surface area contributed by atoms with E-state index in [9.17, 15) is 9.90 Å². The maximum atomic E-state index is 11.2. The highest BCUT2D eigenvalue weighted by atomic mass is 16.4. The van der Waals surface area contributed by atoms with Crippen LogP contribution in [0.2, 0.25) is 0 Å². The summed E-state index contributed by atoms with van der Waals surface area (Å²) in [4.78, 5) is 11.2. The first kappa shape index (κ1) is 9.04. The summed E-state index contributed by atoms with van der Waals surface area (Å²) in [6, 6.07) is 0. The largest absolute Gasteiger partial charge is 0.481 e. The van der Waals surface area contributed by atoms with Gasteiger partial charge in [-0.15, -0.1) is 0 Å². The molecule has 3 atom stereocenters. The van der Waals surface area contributed by atoms with Gasteiger partial charge in [-0.05, 0) is 38.0 Å². The number of aliphatic carboxylic acids is 1. The van der Waals surface area contributed by atoms with Gasteiger partial charge in [0.1, 0.15) is 0 Å². The Morgan fingerprint density at radius 1 is 1.31 bits per heavy atom. The van der Waals surface area contributed by atoms with Crippen LogP contribution in [0.1, 0.15) is 45.4 Å². The lowest BCUT2D eigenvalue weighted by molar-refractivity contribution is -0.151. The highest BCUT2D eigenvalue weighted by molar-refractivity contribution is 5.75. The van der Waals surface area contributed by atoms with E-state index in [1.54, 1.807) is 0 Å². The van der Waals surface area contributed by atoms with Gasteiger partial charge in [-0.25, -0.2) is 0 Å². The van der Waals surface area contributed by atoms with Crippen molar-refractivity contribution in [3.05, 3.63) is 0 Å². The van der Waals surface area contributed by atoms with Gasteiger partial charge >= 0.3 is 5.97 Å². The minimum atomic E-state index is -0.568. The van der Waals surface area contributed by atoms with Crippen LogP contribution in [0.25, 0.3) is 0 Å². The molecule has 74 valence electrons. The molecule has 1 N–H and O–H groups in total. The average molecular weight is 182 g/mol. The van der Waals surface area contributed by atoms with Crippen molar-refractivity contribution in [2.45, 2.75) is 45.4 Å². The van der Waals surface area contributed by atoms with Crippen molar-refractivity contribution in [2.24, 2.45) is 17.3 Å². The van der Waals surface area contributed by atoms with Gasteiger partial charge in [0.2, 0.25) is 0 Å². The second-order valence-electron chi connectivity index (χ2n) is 4.91. The number of carbonyl (C=O) groups is 1. The smallest absolute Gasteiger partial charge is 0.309 e. The highest BCUT2D eigenvalue weighted by Crippen LogP contribution is 2.53. The third-order valence-corrected chi connectivity index (χ3v) is 4.25. The second-order valence-corrected chi connectivity index (χ2v) is 4.91. The third-order valence-electron chi connectivity index (χ3n) is 4.25. The molecule has 0 aromatic heterocycles. The van der Waals surface area contributed by atoms with Crippen molar-refractivity contribution < 1.29 is 9.90 Å². The molecule has 0 aromatic rings. The minimum Gasteiger partial charge on any atom is -0.481 e. The Hall–Kier alpha value is -0.530.